The van der Waals surface area contributed by atoms with Crippen molar-refractivity contribution < 1.29 is 9.90 Å². The number of aryl methyl sites for hydroxylation is 1. The minimum absolute atomic E-state index is 0.0565. The van der Waals surface area contributed by atoms with Gasteiger partial charge in [-0.15, -0.1) is 0 Å². The molecule has 0 aromatic heterocycles. The van der Waals surface area contributed by atoms with Gasteiger partial charge < -0.3 is 10.4 Å². The van der Waals surface area contributed by atoms with Gasteiger partial charge in [-0.2, -0.15) is 0 Å². The summed E-state index contributed by atoms with van der Waals surface area (Å²) in [7, 11) is 0. The molecular formula is C16H22BrNO2. The molecule has 0 bridgehead atoms. The maximum absolute atomic E-state index is 12.2. The van der Waals surface area contributed by atoms with Crippen molar-refractivity contribution in [3.8, 4) is 5.75 Å². The number of nitrogens with one attached hydrogen (secondary N) is 1. The first-order valence-corrected chi connectivity index (χ1v) is 8.32. The Kier molecular flexibility index (Phi) is 5.08. The SMILES string of the molecule is Cc1cc(C(=O)NCC2(CBr)CCCCC2)ccc1O. The molecule has 3 nitrogen and oxygen atoms in total. The monoisotopic (exact) mass is 339 g/mol. The summed E-state index contributed by atoms with van der Waals surface area (Å²) in [6.07, 6.45) is 6.15. The Hall–Kier alpha value is -1.03. The van der Waals surface area contributed by atoms with Crippen LogP contribution < -0.4 is 5.32 Å². The highest BCUT2D eigenvalue weighted by Crippen LogP contribution is 2.37. The van der Waals surface area contributed by atoms with E-state index in [4.69, 9.17) is 0 Å². The molecule has 1 aliphatic rings. The Labute approximate surface area is 128 Å². The van der Waals surface area contributed by atoms with E-state index in [9.17, 15) is 9.90 Å². The number of phenolic OH excluding ortho intramolecular Hbond substituents is 1. The van der Waals surface area contributed by atoms with E-state index in [0.29, 0.717) is 5.56 Å². The van der Waals surface area contributed by atoms with E-state index < -0.39 is 0 Å². The average Bonchev–Trinajstić information content (AvgIpc) is 2.48. The van der Waals surface area contributed by atoms with E-state index in [1.165, 1.54) is 32.1 Å². The van der Waals surface area contributed by atoms with Crippen molar-refractivity contribution >= 4 is 21.8 Å². The fourth-order valence-corrected chi connectivity index (χ4v) is 3.58. The Balaban J connectivity index is 1.98. The third kappa shape index (κ3) is 3.54. The first-order chi connectivity index (χ1) is 9.56. The molecular weight excluding hydrogens is 318 g/mol. The molecule has 1 aromatic carbocycles. The topological polar surface area (TPSA) is 49.3 Å². The van der Waals surface area contributed by atoms with Crippen molar-refractivity contribution in [2.24, 2.45) is 5.41 Å². The molecule has 1 aromatic rings. The molecule has 1 fully saturated rings. The summed E-state index contributed by atoms with van der Waals surface area (Å²) in [5, 5.41) is 13.5. The van der Waals surface area contributed by atoms with Crippen LogP contribution in [0.25, 0.3) is 0 Å². The van der Waals surface area contributed by atoms with Crippen LogP contribution in [0.2, 0.25) is 0 Å². The first-order valence-electron chi connectivity index (χ1n) is 7.20. The molecule has 2 N–H and O–H groups in total. The predicted molar refractivity (Wildman–Crippen MR) is 84.5 cm³/mol. The second kappa shape index (κ2) is 6.61. The fraction of sp³-hybridized carbons (Fsp3) is 0.562. The minimum Gasteiger partial charge on any atom is -0.508 e. The number of hydrogen-bond donors (Lipinski definition) is 2. The van der Waals surface area contributed by atoms with Gasteiger partial charge in [-0.25, -0.2) is 0 Å². The number of alkyl halides is 1. The lowest BCUT2D eigenvalue weighted by Crippen LogP contribution is -2.40. The quantitative estimate of drug-likeness (QED) is 0.820. The second-order valence-electron chi connectivity index (χ2n) is 5.88. The highest BCUT2D eigenvalue weighted by atomic mass is 79.9. The van der Waals surface area contributed by atoms with Crippen LogP contribution in [0.3, 0.4) is 0 Å². The number of halogens is 1. The lowest BCUT2D eigenvalue weighted by Gasteiger charge is -2.35. The minimum atomic E-state index is -0.0565. The molecule has 0 radical (unpaired) electrons. The molecule has 0 saturated heterocycles. The maximum atomic E-state index is 12.2. The van der Waals surface area contributed by atoms with Gasteiger partial charge in [0.15, 0.2) is 0 Å². The van der Waals surface area contributed by atoms with E-state index in [2.05, 4.69) is 21.2 Å². The Bertz CT molecular complexity index is 481. The van der Waals surface area contributed by atoms with Crippen molar-refractivity contribution in [3.63, 3.8) is 0 Å². The van der Waals surface area contributed by atoms with Crippen LogP contribution in [0.1, 0.15) is 48.0 Å². The molecule has 0 atom stereocenters. The molecule has 1 amide bonds. The van der Waals surface area contributed by atoms with E-state index >= 15 is 0 Å². The smallest absolute Gasteiger partial charge is 0.251 e. The van der Waals surface area contributed by atoms with Crippen LogP contribution in [0.15, 0.2) is 18.2 Å². The number of carbonyl (C=O) groups is 1. The van der Waals surface area contributed by atoms with Gasteiger partial charge >= 0.3 is 0 Å². The van der Waals surface area contributed by atoms with Crippen molar-refractivity contribution in [2.75, 3.05) is 11.9 Å². The summed E-state index contributed by atoms with van der Waals surface area (Å²) in [5.41, 5.74) is 1.55. The zero-order valence-electron chi connectivity index (χ0n) is 11.9. The van der Waals surface area contributed by atoms with Crippen LogP contribution in [-0.2, 0) is 0 Å². The van der Waals surface area contributed by atoms with Crippen molar-refractivity contribution in [2.45, 2.75) is 39.0 Å². The van der Waals surface area contributed by atoms with Crippen LogP contribution in [0.5, 0.6) is 5.75 Å². The van der Waals surface area contributed by atoms with E-state index in [0.717, 1.165) is 17.4 Å². The zero-order chi connectivity index (χ0) is 14.6. The van der Waals surface area contributed by atoms with Crippen LogP contribution in [-0.4, -0.2) is 22.9 Å². The first kappa shape index (κ1) is 15.4. The van der Waals surface area contributed by atoms with Gasteiger partial charge in [0.2, 0.25) is 0 Å². The van der Waals surface area contributed by atoms with Crippen molar-refractivity contribution in [3.05, 3.63) is 29.3 Å². The molecule has 0 aliphatic heterocycles. The summed E-state index contributed by atoms with van der Waals surface area (Å²) in [4.78, 5) is 12.2. The van der Waals surface area contributed by atoms with Crippen molar-refractivity contribution in [1.82, 2.24) is 5.32 Å². The van der Waals surface area contributed by atoms with Gasteiger partial charge in [0.1, 0.15) is 5.75 Å². The average molecular weight is 340 g/mol. The van der Waals surface area contributed by atoms with E-state index in [1.54, 1.807) is 25.1 Å². The fourth-order valence-electron chi connectivity index (χ4n) is 2.83. The number of amides is 1. The van der Waals surface area contributed by atoms with Crippen LogP contribution >= 0.6 is 15.9 Å². The largest absolute Gasteiger partial charge is 0.508 e. The Morgan fingerprint density at radius 3 is 2.65 bits per heavy atom. The molecule has 2 rings (SSSR count). The lowest BCUT2D eigenvalue weighted by atomic mass is 9.75. The third-order valence-electron chi connectivity index (χ3n) is 4.28. The number of aromatic hydroxyl groups is 1. The highest BCUT2D eigenvalue weighted by Gasteiger charge is 2.31. The third-order valence-corrected chi connectivity index (χ3v) is 5.47. The number of hydrogen-bond acceptors (Lipinski definition) is 2. The van der Waals surface area contributed by atoms with Gasteiger partial charge in [0.05, 0.1) is 0 Å². The molecule has 0 unspecified atom stereocenters. The number of benzene rings is 1. The predicted octanol–water partition coefficient (Wildman–Crippen LogP) is 3.78. The van der Waals surface area contributed by atoms with Gasteiger partial charge in [0, 0.05) is 17.4 Å². The molecule has 110 valence electrons. The van der Waals surface area contributed by atoms with Crippen LogP contribution in [0, 0.1) is 12.3 Å². The summed E-state index contributed by atoms with van der Waals surface area (Å²) in [5.74, 6) is 0.171. The molecule has 1 saturated carbocycles. The summed E-state index contributed by atoms with van der Waals surface area (Å²) >= 11 is 3.61. The number of carbonyl (C=O) groups excluding carboxylic acids is 1. The molecule has 0 heterocycles. The number of phenols is 1. The second-order valence-corrected chi connectivity index (χ2v) is 6.44. The van der Waals surface area contributed by atoms with E-state index in [1.807, 2.05) is 0 Å². The lowest BCUT2D eigenvalue weighted by molar-refractivity contribution is 0.0922. The Morgan fingerprint density at radius 1 is 1.35 bits per heavy atom. The number of rotatable bonds is 4. The van der Waals surface area contributed by atoms with E-state index in [-0.39, 0.29) is 17.1 Å². The highest BCUT2D eigenvalue weighted by molar-refractivity contribution is 9.09. The van der Waals surface area contributed by atoms with Gasteiger partial charge in [-0.05, 0) is 48.9 Å². The van der Waals surface area contributed by atoms with Crippen LogP contribution in [0.4, 0.5) is 0 Å². The molecule has 4 heteroatoms. The van der Waals surface area contributed by atoms with Gasteiger partial charge in [-0.1, -0.05) is 35.2 Å². The maximum Gasteiger partial charge on any atom is 0.251 e. The summed E-state index contributed by atoms with van der Waals surface area (Å²) in [6, 6.07) is 4.97. The summed E-state index contributed by atoms with van der Waals surface area (Å²) < 4.78 is 0. The zero-order valence-corrected chi connectivity index (χ0v) is 13.5. The molecule has 1 aliphatic carbocycles. The normalized spacial score (nSPS) is 17.7. The molecule has 0 spiro atoms. The van der Waals surface area contributed by atoms with Crippen molar-refractivity contribution in [1.29, 1.82) is 0 Å². The Morgan fingerprint density at radius 2 is 2.05 bits per heavy atom. The summed E-state index contributed by atoms with van der Waals surface area (Å²) in [6.45, 7) is 2.52. The van der Waals surface area contributed by atoms with Gasteiger partial charge in [0.25, 0.3) is 5.91 Å². The standard InChI is InChI=1S/C16H22BrNO2/c1-12-9-13(5-6-14(12)19)15(20)18-11-16(10-17)7-3-2-4-8-16/h5-6,9,19H,2-4,7-8,10-11H2,1H3,(H,18,20). The van der Waals surface area contributed by atoms with Gasteiger partial charge in [-0.3, -0.25) is 4.79 Å². The molecule has 20 heavy (non-hydrogen) atoms.